The van der Waals surface area contributed by atoms with Crippen molar-refractivity contribution in [3.05, 3.63) is 35.4 Å². The summed E-state index contributed by atoms with van der Waals surface area (Å²) in [5, 5.41) is 3.33. The average Bonchev–Trinajstić information content (AvgIpc) is 3.32. The Bertz CT molecular complexity index is 684. The van der Waals surface area contributed by atoms with E-state index in [1.807, 2.05) is 13.8 Å². The van der Waals surface area contributed by atoms with Gasteiger partial charge in [-0.15, -0.1) is 0 Å². The highest BCUT2D eigenvalue weighted by molar-refractivity contribution is 5.78. The molecule has 1 aromatic rings. The Kier molecular flexibility index (Phi) is 5.83. The molecule has 2 aliphatic carbocycles. The van der Waals surface area contributed by atoms with Gasteiger partial charge in [0.2, 0.25) is 5.91 Å². The van der Waals surface area contributed by atoms with Crippen LogP contribution in [0.5, 0.6) is 0 Å². The number of fused-ring (bicyclic) bond motifs is 2. The molecule has 1 aromatic carbocycles. The lowest BCUT2D eigenvalue weighted by Gasteiger charge is -2.41. The summed E-state index contributed by atoms with van der Waals surface area (Å²) in [5.41, 5.74) is 3.13. The molecule has 1 aliphatic heterocycles. The fourth-order valence-corrected chi connectivity index (χ4v) is 6.08. The SMILES string of the molecule is CC(C)C(=O)N[C@H]1CC2(CCN(C[C@@H](C)C3CCCC3)CC2)c2ccccc21. The van der Waals surface area contributed by atoms with Gasteiger partial charge in [0.15, 0.2) is 0 Å². The van der Waals surface area contributed by atoms with Gasteiger partial charge in [-0.3, -0.25) is 4.79 Å². The van der Waals surface area contributed by atoms with Crippen LogP contribution >= 0.6 is 0 Å². The Morgan fingerprint density at radius 1 is 1.14 bits per heavy atom. The molecular formula is C25H38N2O. The van der Waals surface area contributed by atoms with Crippen molar-refractivity contribution in [2.75, 3.05) is 19.6 Å². The van der Waals surface area contributed by atoms with E-state index in [-0.39, 0.29) is 23.3 Å². The van der Waals surface area contributed by atoms with E-state index >= 15 is 0 Å². The zero-order chi connectivity index (χ0) is 19.7. The minimum absolute atomic E-state index is 0.0441. The molecule has 1 amide bonds. The molecule has 3 aliphatic rings. The second-order valence-corrected chi connectivity index (χ2v) is 10.1. The minimum Gasteiger partial charge on any atom is -0.349 e. The molecule has 0 bridgehead atoms. The van der Waals surface area contributed by atoms with Crippen LogP contribution in [0.3, 0.4) is 0 Å². The summed E-state index contributed by atoms with van der Waals surface area (Å²) in [6.07, 6.45) is 9.32. The molecule has 154 valence electrons. The van der Waals surface area contributed by atoms with E-state index in [1.54, 1.807) is 0 Å². The molecule has 3 nitrogen and oxygen atoms in total. The van der Waals surface area contributed by atoms with Gasteiger partial charge in [0, 0.05) is 17.9 Å². The third-order valence-electron chi connectivity index (χ3n) is 7.91. The summed E-state index contributed by atoms with van der Waals surface area (Å²) in [6.45, 7) is 10.1. The van der Waals surface area contributed by atoms with Gasteiger partial charge in [-0.05, 0) is 55.3 Å². The maximum absolute atomic E-state index is 12.4. The highest BCUT2D eigenvalue weighted by Gasteiger charge is 2.45. The summed E-state index contributed by atoms with van der Waals surface area (Å²) in [5.74, 6) is 2.02. The molecule has 3 heteroatoms. The number of nitrogens with one attached hydrogen (secondary N) is 1. The summed E-state index contributed by atoms with van der Waals surface area (Å²) >= 11 is 0. The summed E-state index contributed by atoms with van der Waals surface area (Å²) in [7, 11) is 0. The average molecular weight is 383 g/mol. The molecule has 28 heavy (non-hydrogen) atoms. The molecule has 0 radical (unpaired) electrons. The van der Waals surface area contributed by atoms with Crippen molar-refractivity contribution in [3.8, 4) is 0 Å². The Labute approximate surface area is 171 Å². The number of rotatable bonds is 5. The van der Waals surface area contributed by atoms with Crippen LogP contribution in [0.25, 0.3) is 0 Å². The Balaban J connectivity index is 1.42. The zero-order valence-corrected chi connectivity index (χ0v) is 18.0. The van der Waals surface area contributed by atoms with Crippen LogP contribution in [-0.4, -0.2) is 30.4 Å². The molecule has 1 spiro atoms. The molecule has 2 atom stereocenters. The van der Waals surface area contributed by atoms with E-state index in [0.717, 1.165) is 18.3 Å². The molecule has 4 rings (SSSR count). The zero-order valence-electron chi connectivity index (χ0n) is 18.0. The highest BCUT2D eigenvalue weighted by Crippen LogP contribution is 2.51. The lowest BCUT2D eigenvalue weighted by atomic mass is 9.73. The summed E-state index contributed by atoms with van der Waals surface area (Å²) in [4.78, 5) is 15.1. The van der Waals surface area contributed by atoms with Crippen LogP contribution in [0.15, 0.2) is 24.3 Å². The third kappa shape index (κ3) is 3.87. The number of likely N-dealkylation sites (tertiary alicyclic amines) is 1. The van der Waals surface area contributed by atoms with Gasteiger partial charge in [-0.1, -0.05) is 70.7 Å². The number of nitrogens with zero attached hydrogens (tertiary/aromatic N) is 1. The predicted octanol–water partition coefficient (Wildman–Crippen LogP) is 5.06. The second-order valence-electron chi connectivity index (χ2n) is 10.1. The Morgan fingerprint density at radius 2 is 1.82 bits per heavy atom. The molecular weight excluding hydrogens is 344 g/mol. The quantitative estimate of drug-likeness (QED) is 0.772. The molecule has 1 saturated heterocycles. The van der Waals surface area contributed by atoms with E-state index in [9.17, 15) is 4.79 Å². The van der Waals surface area contributed by atoms with Crippen molar-refractivity contribution in [2.45, 2.75) is 77.2 Å². The fourth-order valence-electron chi connectivity index (χ4n) is 6.08. The molecule has 0 unspecified atom stereocenters. The van der Waals surface area contributed by atoms with Crippen molar-refractivity contribution in [1.29, 1.82) is 0 Å². The van der Waals surface area contributed by atoms with Crippen molar-refractivity contribution in [1.82, 2.24) is 10.2 Å². The van der Waals surface area contributed by atoms with Crippen LogP contribution in [0.2, 0.25) is 0 Å². The van der Waals surface area contributed by atoms with Gasteiger partial charge in [-0.25, -0.2) is 0 Å². The first-order valence-electron chi connectivity index (χ1n) is 11.6. The van der Waals surface area contributed by atoms with Crippen LogP contribution in [0.4, 0.5) is 0 Å². The van der Waals surface area contributed by atoms with Crippen LogP contribution in [0, 0.1) is 17.8 Å². The maximum atomic E-state index is 12.4. The van der Waals surface area contributed by atoms with Gasteiger partial charge < -0.3 is 10.2 Å². The number of hydrogen-bond donors (Lipinski definition) is 1. The van der Waals surface area contributed by atoms with Gasteiger partial charge in [0.1, 0.15) is 0 Å². The molecule has 1 saturated carbocycles. The van der Waals surface area contributed by atoms with Crippen molar-refractivity contribution < 1.29 is 4.79 Å². The fraction of sp³-hybridized carbons (Fsp3) is 0.720. The van der Waals surface area contributed by atoms with Crippen molar-refractivity contribution >= 4 is 5.91 Å². The normalized spacial score (nSPS) is 25.9. The number of amides is 1. The second kappa shape index (κ2) is 8.18. The van der Waals surface area contributed by atoms with Crippen LogP contribution in [-0.2, 0) is 10.2 Å². The first-order valence-corrected chi connectivity index (χ1v) is 11.6. The standard InChI is InChI=1S/C25H38N2O/c1-18(2)24(28)26-23-16-25(22-11-7-6-10-21(22)23)12-14-27(15-13-25)17-19(3)20-8-4-5-9-20/h6-7,10-11,18-20,23H,4-5,8-9,12-17H2,1-3H3,(H,26,28)/t19-,23+/m1/s1. The van der Waals surface area contributed by atoms with Gasteiger partial charge in [-0.2, -0.15) is 0 Å². The highest BCUT2D eigenvalue weighted by atomic mass is 16.1. The maximum Gasteiger partial charge on any atom is 0.223 e. The van der Waals surface area contributed by atoms with E-state index in [1.165, 1.54) is 69.3 Å². The van der Waals surface area contributed by atoms with E-state index in [4.69, 9.17) is 0 Å². The number of piperidine rings is 1. The first kappa shape index (κ1) is 19.9. The Morgan fingerprint density at radius 3 is 2.50 bits per heavy atom. The predicted molar refractivity (Wildman–Crippen MR) is 115 cm³/mol. The summed E-state index contributed by atoms with van der Waals surface area (Å²) in [6, 6.07) is 9.07. The Hall–Kier alpha value is -1.35. The van der Waals surface area contributed by atoms with Gasteiger partial charge >= 0.3 is 0 Å². The van der Waals surface area contributed by atoms with E-state index < -0.39 is 0 Å². The number of hydrogen-bond acceptors (Lipinski definition) is 2. The van der Waals surface area contributed by atoms with Gasteiger partial charge in [0.25, 0.3) is 0 Å². The molecule has 0 aromatic heterocycles. The number of carbonyl (C=O) groups excluding carboxylic acids is 1. The van der Waals surface area contributed by atoms with Crippen molar-refractivity contribution in [3.63, 3.8) is 0 Å². The first-order chi connectivity index (χ1) is 13.5. The number of benzene rings is 1. The van der Waals surface area contributed by atoms with Gasteiger partial charge in [0.05, 0.1) is 6.04 Å². The molecule has 1 heterocycles. The molecule has 2 fully saturated rings. The smallest absolute Gasteiger partial charge is 0.223 e. The third-order valence-corrected chi connectivity index (χ3v) is 7.91. The van der Waals surface area contributed by atoms with Crippen LogP contribution < -0.4 is 5.32 Å². The topological polar surface area (TPSA) is 32.3 Å². The molecule has 1 N–H and O–H groups in total. The van der Waals surface area contributed by atoms with E-state index in [0.29, 0.717) is 0 Å². The largest absolute Gasteiger partial charge is 0.349 e. The van der Waals surface area contributed by atoms with E-state index in [2.05, 4.69) is 41.4 Å². The number of carbonyl (C=O) groups is 1. The van der Waals surface area contributed by atoms with Crippen LogP contribution in [0.1, 0.15) is 82.9 Å². The summed E-state index contributed by atoms with van der Waals surface area (Å²) < 4.78 is 0. The lowest BCUT2D eigenvalue weighted by molar-refractivity contribution is -0.124. The lowest BCUT2D eigenvalue weighted by Crippen LogP contribution is -2.44. The van der Waals surface area contributed by atoms with Crippen molar-refractivity contribution in [2.24, 2.45) is 17.8 Å². The monoisotopic (exact) mass is 382 g/mol. The minimum atomic E-state index is 0.0441.